The van der Waals surface area contributed by atoms with E-state index in [1.165, 1.54) is 30.8 Å². The number of halogens is 2. The van der Waals surface area contributed by atoms with E-state index in [4.69, 9.17) is 4.42 Å². The molecule has 0 bridgehead atoms. The van der Waals surface area contributed by atoms with Gasteiger partial charge in [-0.05, 0) is 38.5 Å². The summed E-state index contributed by atoms with van der Waals surface area (Å²) in [5.41, 5.74) is 2.82. The monoisotopic (exact) mass is 387 g/mol. The molecule has 3 aromatic rings. The Hall–Kier alpha value is -3.49. The fourth-order valence-corrected chi connectivity index (χ4v) is 3.00. The number of aryl methyl sites for hydroxylation is 3. The fraction of sp³-hybridized carbons (Fsp3) is 0.211. The molecule has 1 amide bonds. The first-order chi connectivity index (χ1) is 13.2. The van der Waals surface area contributed by atoms with Crippen LogP contribution < -0.4 is 14.8 Å². The van der Waals surface area contributed by atoms with Crippen molar-refractivity contribution in [3.05, 3.63) is 53.2 Å². The van der Waals surface area contributed by atoms with Crippen molar-refractivity contribution < 1.29 is 27.5 Å². The van der Waals surface area contributed by atoms with Crippen molar-refractivity contribution in [3.63, 3.8) is 0 Å². The fourth-order valence-electron chi connectivity index (χ4n) is 3.00. The Morgan fingerprint density at radius 2 is 1.75 bits per heavy atom. The molecule has 0 atom stereocenters. The van der Waals surface area contributed by atoms with E-state index in [0.717, 1.165) is 0 Å². The molecule has 4 rings (SSSR count). The molecule has 144 valence electrons. The van der Waals surface area contributed by atoms with Crippen LogP contribution in [-0.2, 0) is 0 Å². The lowest BCUT2D eigenvalue weighted by Gasteiger charge is -2.08. The van der Waals surface area contributed by atoms with Gasteiger partial charge in [0.1, 0.15) is 5.76 Å². The van der Waals surface area contributed by atoms with Crippen molar-refractivity contribution in [1.29, 1.82) is 0 Å². The number of rotatable bonds is 3. The number of anilines is 1. The Balaban J connectivity index is 1.57. The maximum Gasteiger partial charge on any atom is 0.586 e. The lowest BCUT2D eigenvalue weighted by Crippen LogP contribution is -2.25. The molecule has 2 aromatic heterocycles. The smallest absolute Gasteiger partial charge is 0.469 e. The molecule has 0 radical (unpaired) electrons. The lowest BCUT2D eigenvalue weighted by molar-refractivity contribution is -0.286. The zero-order valence-electron chi connectivity index (χ0n) is 15.2. The first-order valence-corrected chi connectivity index (χ1v) is 8.32. The number of furan rings is 1. The van der Waals surface area contributed by atoms with Gasteiger partial charge in [0, 0.05) is 11.1 Å². The Kier molecular flexibility index (Phi) is 4.02. The minimum absolute atomic E-state index is 0.0334. The first-order valence-electron chi connectivity index (χ1n) is 8.32. The van der Waals surface area contributed by atoms with Crippen LogP contribution in [0.5, 0.6) is 11.5 Å². The van der Waals surface area contributed by atoms with Crippen molar-refractivity contribution in [2.75, 3.05) is 5.32 Å². The van der Waals surface area contributed by atoms with Gasteiger partial charge < -0.3 is 19.2 Å². The molecule has 9 heteroatoms. The summed E-state index contributed by atoms with van der Waals surface area (Å²) in [5.74, 6) is 0.294. The number of hydrogen-bond donors (Lipinski definition) is 1. The molecule has 0 saturated heterocycles. The molecule has 0 saturated carbocycles. The molecule has 0 spiro atoms. The highest BCUT2D eigenvalue weighted by molar-refractivity contribution is 6.05. The standard InChI is InChI=1S/C19H15F2N3O4/c1-9-4-14-15(28-19(20,21)27-14)5-12(9)13-6-23-16(7-22-13)24-18(25)17-10(2)8-26-11(17)3/h4-8H,1-3H3,(H,23,24,25). The van der Waals surface area contributed by atoms with Gasteiger partial charge in [-0.1, -0.05) is 0 Å². The molecule has 1 aromatic carbocycles. The summed E-state index contributed by atoms with van der Waals surface area (Å²) >= 11 is 0. The number of fused-ring (bicyclic) bond motifs is 1. The Morgan fingerprint density at radius 1 is 1.04 bits per heavy atom. The van der Waals surface area contributed by atoms with E-state index < -0.39 is 6.29 Å². The number of amides is 1. The highest BCUT2D eigenvalue weighted by atomic mass is 19.3. The topological polar surface area (TPSA) is 86.5 Å². The lowest BCUT2D eigenvalue weighted by atomic mass is 10.1. The summed E-state index contributed by atoms with van der Waals surface area (Å²) in [4.78, 5) is 20.8. The largest absolute Gasteiger partial charge is 0.586 e. The van der Waals surface area contributed by atoms with Crippen molar-refractivity contribution in [1.82, 2.24) is 9.97 Å². The summed E-state index contributed by atoms with van der Waals surface area (Å²) in [5, 5.41) is 2.66. The quantitative estimate of drug-likeness (QED) is 0.724. The number of alkyl halides is 2. The van der Waals surface area contributed by atoms with Crippen LogP contribution in [0.25, 0.3) is 11.3 Å². The van der Waals surface area contributed by atoms with Crippen LogP contribution in [0.15, 0.2) is 35.2 Å². The molecule has 1 N–H and O–H groups in total. The average molecular weight is 387 g/mol. The van der Waals surface area contributed by atoms with E-state index in [2.05, 4.69) is 24.8 Å². The van der Waals surface area contributed by atoms with Crippen LogP contribution in [0.1, 0.15) is 27.2 Å². The van der Waals surface area contributed by atoms with Gasteiger partial charge in [-0.15, -0.1) is 8.78 Å². The van der Waals surface area contributed by atoms with Crippen LogP contribution >= 0.6 is 0 Å². The third-order valence-electron chi connectivity index (χ3n) is 4.30. The molecule has 0 fully saturated rings. The zero-order valence-corrected chi connectivity index (χ0v) is 15.2. The maximum absolute atomic E-state index is 13.2. The third-order valence-corrected chi connectivity index (χ3v) is 4.30. The Labute approximate surface area is 158 Å². The van der Waals surface area contributed by atoms with E-state index >= 15 is 0 Å². The molecule has 0 aliphatic carbocycles. The van der Waals surface area contributed by atoms with E-state index in [9.17, 15) is 13.6 Å². The van der Waals surface area contributed by atoms with Crippen LogP contribution in [-0.4, -0.2) is 22.2 Å². The molecule has 0 unspecified atom stereocenters. The van der Waals surface area contributed by atoms with Crippen molar-refractivity contribution in [3.8, 4) is 22.8 Å². The summed E-state index contributed by atoms with van der Waals surface area (Å²) in [6.07, 6.45) is 0.644. The average Bonchev–Trinajstić information content (AvgIpc) is 3.11. The van der Waals surface area contributed by atoms with E-state index in [1.807, 2.05) is 0 Å². The molecular formula is C19H15F2N3O4. The minimum Gasteiger partial charge on any atom is -0.469 e. The number of nitrogens with one attached hydrogen (secondary N) is 1. The van der Waals surface area contributed by atoms with Gasteiger partial charge in [-0.2, -0.15) is 0 Å². The second-order valence-corrected chi connectivity index (χ2v) is 6.37. The van der Waals surface area contributed by atoms with Gasteiger partial charge in [-0.3, -0.25) is 9.78 Å². The third kappa shape index (κ3) is 3.15. The first kappa shape index (κ1) is 17.9. The van der Waals surface area contributed by atoms with Crippen LogP contribution in [0.4, 0.5) is 14.6 Å². The predicted octanol–water partition coefficient (Wildman–Crippen LogP) is 4.24. The number of benzene rings is 1. The summed E-state index contributed by atoms with van der Waals surface area (Å²) < 4.78 is 40.6. The summed E-state index contributed by atoms with van der Waals surface area (Å²) in [6, 6.07) is 2.87. The molecule has 1 aliphatic rings. The number of ether oxygens (including phenoxy) is 2. The van der Waals surface area contributed by atoms with Crippen molar-refractivity contribution >= 4 is 11.7 Å². The summed E-state index contributed by atoms with van der Waals surface area (Å²) in [6.45, 7) is 5.20. The van der Waals surface area contributed by atoms with Gasteiger partial charge in [0.15, 0.2) is 17.3 Å². The number of hydrogen-bond acceptors (Lipinski definition) is 6. The van der Waals surface area contributed by atoms with Crippen LogP contribution in [0.3, 0.4) is 0 Å². The van der Waals surface area contributed by atoms with Gasteiger partial charge in [0.25, 0.3) is 5.91 Å². The highest BCUT2D eigenvalue weighted by Gasteiger charge is 2.43. The van der Waals surface area contributed by atoms with Crippen LogP contribution in [0, 0.1) is 20.8 Å². The summed E-state index contributed by atoms with van der Waals surface area (Å²) in [7, 11) is 0. The normalized spacial score (nSPS) is 14.2. The number of nitrogens with zero attached hydrogens (tertiary/aromatic N) is 2. The second kappa shape index (κ2) is 6.29. The van der Waals surface area contributed by atoms with Gasteiger partial charge in [0.2, 0.25) is 0 Å². The van der Waals surface area contributed by atoms with E-state index in [1.54, 1.807) is 20.8 Å². The Morgan fingerprint density at radius 3 is 2.36 bits per heavy atom. The van der Waals surface area contributed by atoms with Crippen molar-refractivity contribution in [2.45, 2.75) is 27.1 Å². The van der Waals surface area contributed by atoms with E-state index in [0.29, 0.717) is 33.7 Å². The Bertz CT molecular complexity index is 1060. The SMILES string of the molecule is Cc1cc2c(cc1-c1cnc(NC(=O)c3c(C)coc3C)cn1)OC(F)(F)O2. The molecule has 3 heterocycles. The van der Waals surface area contributed by atoms with Gasteiger partial charge in [0.05, 0.1) is 29.9 Å². The minimum atomic E-state index is -3.68. The zero-order chi connectivity index (χ0) is 20.1. The molecule has 7 nitrogen and oxygen atoms in total. The van der Waals surface area contributed by atoms with E-state index in [-0.39, 0.29) is 23.2 Å². The van der Waals surface area contributed by atoms with Gasteiger partial charge in [-0.25, -0.2) is 4.98 Å². The number of aromatic nitrogens is 2. The van der Waals surface area contributed by atoms with Crippen molar-refractivity contribution in [2.24, 2.45) is 0 Å². The predicted molar refractivity (Wildman–Crippen MR) is 94.5 cm³/mol. The number of carbonyl (C=O) groups excluding carboxylic acids is 1. The van der Waals surface area contributed by atoms with Crippen LogP contribution in [0.2, 0.25) is 0 Å². The second-order valence-electron chi connectivity index (χ2n) is 6.37. The maximum atomic E-state index is 13.2. The molecule has 28 heavy (non-hydrogen) atoms. The molecular weight excluding hydrogens is 372 g/mol. The number of carbonyl (C=O) groups is 1. The highest BCUT2D eigenvalue weighted by Crippen LogP contribution is 2.44. The van der Waals surface area contributed by atoms with Gasteiger partial charge >= 0.3 is 6.29 Å². The molecule has 1 aliphatic heterocycles.